The topological polar surface area (TPSA) is 74.8 Å². The number of nitrogens with zero attached hydrogens (tertiary/aromatic N) is 1. The summed E-state index contributed by atoms with van der Waals surface area (Å²) < 4.78 is 19.8. The highest BCUT2D eigenvalue weighted by molar-refractivity contribution is 5.85. The Labute approximate surface area is 160 Å². The van der Waals surface area contributed by atoms with E-state index in [-0.39, 0.29) is 24.3 Å². The maximum Gasteiger partial charge on any atom is 0.242 e. The van der Waals surface area contributed by atoms with Crippen LogP contribution in [0.4, 0.5) is 4.39 Å². The lowest BCUT2D eigenvalue weighted by Crippen LogP contribution is -2.40. The summed E-state index contributed by atoms with van der Waals surface area (Å²) in [6.07, 6.45) is 4.45. The van der Waals surface area contributed by atoms with Gasteiger partial charge in [-0.1, -0.05) is 6.07 Å². The number of ether oxygens (including phenoxy) is 1. The van der Waals surface area contributed by atoms with Crippen molar-refractivity contribution in [3.63, 3.8) is 0 Å². The van der Waals surface area contributed by atoms with Gasteiger partial charge >= 0.3 is 0 Å². The minimum Gasteiger partial charge on any atom is -0.490 e. The maximum atomic E-state index is 14.3. The molecule has 148 valence electrons. The second kappa shape index (κ2) is 9.06. The normalized spacial score (nSPS) is 18.0. The first-order valence-corrected chi connectivity index (χ1v) is 9.81. The number of rotatable bonds is 9. The van der Waals surface area contributed by atoms with Crippen LogP contribution in [-0.2, 0) is 4.79 Å². The Morgan fingerprint density at radius 3 is 2.74 bits per heavy atom. The van der Waals surface area contributed by atoms with Gasteiger partial charge in [0.2, 0.25) is 5.91 Å². The molecule has 3 rings (SSSR count). The zero-order chi connectivity index (χ0) is 19.2. The molecule has 0 saturated heterocycles. The van der Waals surface area contributed by atoms with Crippen LogP contribution < -0.4 is 20.7 Å². The lowest BCUT2D eigenvalue weighted by atomic mass is 10.1. The van der Waals surface area contributed by atoms with Gasteiger partial charge in [0.25, 0.3) is 0 Å². The predicted molar refractivity (Wildman–Crippen MR) is 103 cm³/mol. The molecule has 1 amide bonds. The molecular weight excluding hydrogens is 347 g/mol. The molecule has 1 aromatic carbocycles. The van der Waals surface area contributed by atoms with Gasteiger partial charge in [0.1, 0.15) is 6.54 Å². The molecule has 3 N–H and O–H groups in total. The first-order chi connectivity index (χ1) is 13.0. The largest absolute Gasteiger partial charge is 0.490 e. The lowest BCUT2D eigenvalue weighted by molar-refractivity contribution is -0.119. The van der Waals surface area contributed by atoms with Crippen LogP contribution in [-0.4, -0.2) is 37.6 Å². The number of benzene rings is 1. The van der Waals surface area contributed by atoms with Crippen LogP contribution in [0.5, 0.6) is 5.75 Å². The fourth-order valence-electron chi connectivity index (χ4n) is 2.66. The van der Waals surface area contributed by atoms with Crippen molar-refractivity contribution in [1.29, 1.82) is 0 Å². The Kier molecular flexibility index (Phi) is 6.53. The summed E-state index contributed by atoms with van der Waals surface area (Å²) in [5, 5.41) is 9.24. The Hall–Kier alpha value is -2.31. The highest BCUT2D eigenvalue weighted by Crippen LogP contribution is 2.30. The summed E-state index contributed by atoms with van der Waals surface area (Å²) in [4.78, 5) is 16.1. The summed E-state index contributed by atoms with van der Waals surface area (Å²) in [6, 6.07) is 5.18. The second-order valence-corrected chi connectivity index (χ2v) is 7.35. The summed E-state index contributed by atoms with van der Waals surface area (Å²) >= 11 is 0. The van der Waals surface area contributed by atoms with Gasteiger partial charge in [0.05, 0.1) is 12.6 Å². The van der Waals surface area contributed by atoms with E-state index in [9.17, 15) is 9.18 Å². The Morgan fingerprint density at radius 1 is 1.33 bits per heavy atom. The van der Waals surface area contributed by atoms with Crippen LogP contribution in [0.3, 0.4) is 0 Å². The average Bonchev–Trinajstić information content (AvgIpc) is 3.54. The van der Waals surface area contributed by atoms with E-state index in [2.05, 4.69) is 20.9 Å². The standard InChI is InChI=1S/C20H29FN4O2/c1-3-22-20(23-11-19(26)25-16-7-8-16)24-13(2)15-6-9-18(17(21)10-15)27-12-14-4-5-14/h6,9-10,13-14,16H,3-5,7-8,11-12H2,1-2H3,(H,25,26)(H2,22,23,24). The average molecular weight is 376 g/mol. The molecule has 2 aliphatic rings. The van der Waals surface area contributed by atoms with Gasteiger partial charge in [-0.05, 0) is 63.1 Å². The predicted octanol–water partition coefficient (Wildman–Crippen LogP) is 2.51. The number of aliphatic imine (C=N–C) groups is 1. The van der Waals surface area contributed by atoms with Crippen LogP contribution in [0, 0.1) is 11.7 Å². The van der Waals surface area contributed by atoms with Crippen molar-refractivity contribution >= 4 is 11.9 Å². The van der Waals surface area contributed by atoms with E-state index >= 15 is 0 Å². The molecule has 2 saturated carbocycles. The second-order valence-electron chi connectivity index (χ2n) is 7.35. The van der Waals surface area contributed by atoms with Crippen LogP contribution in [0.15, 0.2) is 23.2 Å². The number of halogens is 1. The highest BCUT2D eigenvalue weighted by Gasteiger charge is 2.23. The number of hydrogen-bond donors (Lipinski definition) is 3. The van der Waals surface area contributed by atoms with Crippen molar-refractivity contribution in [2.45, 2.75) is 51.6 Å². The minimum atomic E-state index is -0.354. The van der Waals surface area contributed by atoms with E-state index in [1.165, 1.54) is 18.9 Å². The molecular formula is C20H29FN4O2. The van der Waals surface area contributed by atoms with Crippen molar-refractivity contribution in [2.75, 3.05) is 19.7 Å². The molecule has 2 fully saturated rings. The first kappa shape index (κ1) is 19.5. The Balaban J connectivity index is 1.55. The molecule has 27 heavy (non-hydrogen) atoms. The fourth-order valence-corrected chi connectivity index (χ4v) is 2.66. The van der Waals surface area contributed by atoms with E-state index in [0.29, 0.717) is 36.8 Å². The molecule has 0 heterocycles. The molecule has 1 atom stereocenters. The quantitative estimate of drug-likeness (QED) is 0.457. The lowest BCUT2D eigenvalue weighted by Gasteiger charge is -2.19. The summed E-state index contributed by atoms with van der Waals surface area (Å²) in [6.45, 7) is 5.21. The molecule has 1 aromatic rings. The minimum absolute atomic E-state index is 0.0703. The number of hydrogen-bond acceptors (Lipinski definition) is 3. The SMILES string of the molecule is CCNC(=NCC(=O)NC1CC1)NC(C)c1ccc(OCC2CC2)c(F)c1. The van der Waals surface area contributed by atoms with E-state index in [0.717, 1.165) is 18.4 Å². The third-order valence-electron chi connectivity index (χ3n) is 4.65. The smallest absolute Gasteiger partial charge is 0.242 e. The number of nitrogens with one attached hydrogen (secondary N) is 3. The third kappa shape index (κ3) is 6.41. The van der Waals surface area contributed by atoms with Gasteiger partial charge in [-0.15, -0.1) is 0 Å². The molecule has 6 nitrogen and oxygen atoms in total. The summed E-state index contributed by atoms with van der Waals surface area (Å²) in [5.41, 5.74) is 0.791. The van der Waals surface area contributed by atoms with Gasteiger partial charge in [-0.2, -0.15) is 0 Å². The third-order valence-corrected chi connectivity index (χ3v) is 4.65. The van der Waals surface area contributed by atoms with Crippen molar-refractivity contribution in [3.8, 4) is 5.75 Å². The summed E-state index contributed by atoms with van der Waals surface area (Å²) in [7, 11) is 0. The molecule has 0 radical (unpaired) electrons. The molecule has 0 bridgehead atoms. The monoisotopic (exact) mass is 376 g/mol. The zero-order valence-corrected chi connectivity index (χ0v) is 16.1. The number of amides is 1. The molecule has 0 aromatic heterocycles. The molecule has 7 heteroatoms. The van der Waals surface area contributed by atoms with Crippen molar-refractivity contribution in [1.82, 2.24) is 16.0 Å². The Bertz CT molecular complexity index is 687. The van der Waals surface area contributed by atoms with Gasteiger partial charge in [0, 0.05) is 12.6 Å². The molecule has 1 unspecified atom stereocenters. The number of guanidine groups is 1. The number of carbonyl (C=O) groups is 1. The molecule has 2 aliphatic carbocycles. The van der Waals surface area contributed by atoms with Crippen molar-refractivity contribution in [3.05, 3.63) is 29.6 Å². The van der Waals surface area contributed by atoms with E-state index < -0.39 is 0 Å². The number of carbonyl (C=O) groups excluding carboxylic acids is 1. The van der Waals surface area contributed by atoms with Gasteiger partial charge in [-0.3, -0.25) is 4.79 Å². The van der Waals surface area contributed by atoms with Crippen molar-refractivity contribution in [2.24, 2.45) is 10.9 Å². The molecule has 0 spiro atoms. The van der Waals surface area contributed by atoms with E-state index in [1.54, 1.807) is 6.07 Å². The zero-order valence-electron chi connectivity index (χ0n) is 16.1. The van der Waals surface area contributed by atoms with Crippen LogP contribution in [0.2, 0.25) is 0 Å². The highest BCUT2D eigenvalue weighted by atomic mass is 19.1. The Morgan fingerprint density at radius 2 is 2.11 bits per heavy atom. The van der Waals surface area contributed by atoms with E-state index in [4.69, 9.17) is 4.74 Å². The van der Waals surface area contributed by atoms with Gasteiger partial charge in [0.15, 0.2) is 17.5 Å². The van der Waals surface area contributed by atoms with Crippen molar-refractivity contribution < 1.29 is 13.9 Å². The molecule has 0 aliphatic heterocycles. The fraction of sp³-hybridized carbons (Fsp3) is 0.600. The van der Waals surface area contributed by atoms with Crippen LogP contribution >= 0.6 is 0 Å². The van der Waals surface area contributed by atoms with E-state index in [1.807, 2.05) is 19.9 Å². The summed E-state index contributed by atoms with van der Waals surface area (Å²) in [5.74, 6) is 0.986. The van der Waals surface area contributed by atoms with Gasteiger partial charge in [-0.25, -0.2) is 9.38 Å². The van der Waals surface area contributed by atoms with Crippen LogP contribution in [0.25, 0.3) is 0 Å². The van der Waals surface area contributed by atoms with Gasteiger partial charge < -0.3 is 20.7 Å². The maximum absolute atomic E-state index is 14.3. The first-order valence-electron chi connectivity index (χ1n) is 9.81. The van der Waals surface area contributed by atoms with Crippen LogP contribution in [0.1, 0.15) is 51.1 Å².